The first-order valence-corrected chi connectivity index (χ1v) is 6.93. The number of hydrogen-bond acceptors (Lipinski definition) is 4. The van der Waals surface area contributed by atoms with E-state index in [0.29, 0.717) is 5.56 Å². The molecule has 0 spiro atoms. The Morgan fingerprint density at radius 1 is 1.18 bits per heavy atom. The van der Waals surface area contributed by atoms with Crippen LogP contribution >= 0.6 is 0 Å². The Morgan fingerprint density at radius 3 is 2.45 bits per heavy atom. The van der Waals surface area contributed by atoms with E-state index >= 15 is 0 Å². The van der Waals surface area contributed by atoms with Crippen molar-refractivity contribution in [1.29, 1.82) is 0 Å². The summed E-state index contributed by atoms with van der Waals surface area (Å²) in [5.41, 5.74) is 0.457. The first-order chi connectivity index (χ1) is 10.4. The molecule has 0 amide bonds. The lowest BCUT2D eigenvalue weighted by Crippen LogP contribution is -2.29. The molecule has 0 aliphatic carbocycles. The number of para-hydroxylation sites is 1. The first-order valence-electron chi connectivity index (χ1n) is 6.93. The van der Waals surface area contributed by atoms with Crippen LogP contribution in [0.1, 0.15) is 19.4 Å². The van der Waals surface area contributed by atoms with E-state index in [0.717, 1.165) is 0 Å². The predicted octanol–water partition coefficient (Wildman–Crippen LogP) is 3.14. The number of benzene rings is 1. The SMILES string of the molecule is CCOC(=O)C(Cc1ccccc1OCC(F)(F)F)OCC. The fraction of sp³-hybridized carbons (Fsp3) is 0.533. The molecule has 0 aromatic heterocycles. The Kier molecular flexibility index (Phi) is 7.17. The van der Waals surface area contributed by atoms with Gasteiger partial charge in [-0.25, -0.2) is 4.79 Å². The fourth-order valence-electron chi connectivity index (χ4n) is 1.82. The third-order valence-corrected chi connectivity index (χ3v) is 2.69. The maximum absolute atomic E-state index is 12.3. The first kappa shape index (κ1) is 18.3. The molecule has 0 radical (unpaired) electrons. The van der Waals surface area contributed by atoms with Crippen molar-refractivity contribution in [3.63, 3.8) is 0 Å². The van der Waals surface area contributed by atoms with Crippen LogP contribution in [-0.4, -0.2) is 38.1 Å². The molecule has 1 aromatic rings. The predicted molar refractivity (Wildman–Crippen MR) is 73.7 cm³/mol. The maximum Gasteiger partial charge on any atom is 0.422 e. The van der Waals surface area contributed by atoms with Crippen LogP contribution in [-0.2, 0) is 20.7 Å². The van der Waals surface area contributed by atoms with Crippen LogP contribution in [0, 0.1) is 0 Å². The summed E-state index contributed by atoms with van der Waals surface area (Å²) in [5.74, 6) is -0.469. The van der Waals surface area contributed by atoms with E-state index in [1.807, 2.05) is 0 Å². The maximum atomic E-state index is 12.3. The number of halogens is 3. The standard InChI is InChI=1S/C15H19F3O4/c1-3-20-13(14(19)21-4-2)9-11-7-5-6-8-12(11)22-10-15(16,17)18/h5-8,13H,3-4,9-10H2,1-2H3. The van der Waals surface area contributed by atoms with Crippen molar-refractivity contribution in [2.75, 3.05) is 19.8 Å². The van der Waals surface area contributed by atoms with Crippen LogP contribution in [0.2, 0.25) is 0 Å². The van der Waals surface area contributed by atoms with Crippen molar-refractivity contribution in [3.8, 4) is 5.75 Å². The zero-order chi connectivity index (χ0) is 16.6. The second-order valence-electron chi connectivity index (χ2n) is 4.41. The van der Waals surface area contributed by atoms with Crippen molar-refractivity contribution in [3.05, 3.63) is 29.8 Å². The van der Waals surface area contributed by atoms with Gasteiger partial charge in [-0.05, 0) is 25.5 Å². The number of carbonyl (C=O) groups is 1. The lowest BCUT2D eigenvalue weighted by molar-refractivity contribution is -0.157. The van der Waals surface area contributed by atoms with Crippen LogP contribution in [0.25, 0.3) is 0 Å². The topological polar surface area (TPSA) is 44.8 Å². The molecular formula is C15H19F3O4. The highest BCUT2D eigenvalue weighted by molar-refractivity contribution is 5.75. The molecule has 1 atom stereocenters. The Labute approximate surface area is 127 Å². The van der Waals surface area contributed by atoms with Crippen LogP contribution in [0.4, 0.5) is 13.2 Å². The van der Waals surface area contributed by atoms with Gasteiger partial charge in [0.1, 0.15) is 5.75 Å². The molecule has 0 saturated carbocycles. The van der Waals surface area contributed by atoms with Crippen molar-refractivity contribution < 1.29 is 32.2 Å². The van der Waals surface area contributed by atoms with Crippen LogP contribution in [0.15, 0.2) is 24.3 Å². The molecule has 124 valence electrons. The van der Waals surface area contributed by atoms with Gasteiger partial charge >= 0.3 is 12.1 Å². The second kappa shape index (κ2) is 8.63. The highest BCUT2D eigenvalue weighted by atomic mass is 19.4. The summed E-state index contributed by atoms with van der Waals surface area (Å²) in [6, 6.07) is 6.24. The van der Waals surface area contributed by atoms with Crippen LogP contribution in [0.3, 0.4) is 0 Å². The van der Waals surface area contributed by atoms with E-state index in [9.17, 15) is 18.0 Å². The molecule has 1 rings (SSSR count). The Bertz CT molecular complexity index is 474. The van der Waals surface area contributed by atoms with Gasteiger partial charge in [-0.1, -0.05) is 18.2 Å². The Balaban J connectivity index is 2.83. The smallest absolute Gasteiger partial charge is 0.422 e. The van der Waals surface area contributed by atoms with E-state index in [2.05, 4.69) is 0 Å². The number of carbonyl (C=O) groups excluding carboxylic acids is 1. The van der Waals surface area contributed by atoms with Crippen molar-refractivity contribution in [2.45, 2.75) is 32.5 Å². The van der Waals surface area contributed by atoms with Gasteiger partial charge in [0, 0.05) is 13.0 Å². The average Bonchev–Trinajstić information content (AvgIpc) is 2.45. The summed E-state index contributed by atoms with van der Waals surface area (Å²) in [5, 5.41) is 0. The largest absolute Gasteiger partial charge is 0.484 e. The van der Waals surface area contributed by atoms with Gasteiger partial charge in [0.25, 0.3) is 0 Å². The summed E-state index contributed by atoms with van der Waals surface area (Å²) >= 11 is 0. The quantitative estimate of drug-likeness (QED) is 0.690. The minimum atomic E-state index is -4.42. The van der Waals surface area contributed by atoms with Crippen LogP contribution in [0.5, 0.6) is 5.75 Å². The van der Waals surface area contributed by atoms with E-state index in [1.165, 1.54) is 6.07 Å². The fourth-order valence-corrected chi connectivity index (χ4v) is 1.82. The molecule has 1 unspecified atom stereocenters. The van der Waals surface area contributed by atoms with Gasteiger partial charge in [0.15, 0.2) is 12.7 Å². The molecule has 22 heavy (non-hydrogen) atoms. The number of ether oxygens (including phenoxy) is 3. The van der Waals surface area contributed by atoms with Crippen molar-refractivity contribution >= 4 is 5.97 Å². The summed E-state index contributed by atoms with van der Waals surface area (Å²) in [6.45, 7) is 2.49. The van der Waals surface area contributed by atoms with Gasteiger partial charge in [-0.3, -0.25) is 0 Å². The van der Waals surface area contributed by atoms with E-state index < -0.39 is 24.9 Å². The molecule has 0 bridgehead atoms. The molecule has 0 aliphatic heterocycles. The van der Waals surface area contributed by atoms with Gasteiger partial charge in [0.05, 0.1) is 6.61 Å². The number of hydrogen-bond donors (Lipinski definition) is 0. The minimum absolute atomic E-state index is 0.0776. The van der Waals surface area contributed by atoms with Crippen LogP contribution < -0.4 is 4.74 Å². The second-order valence-corrected chi connectivity index (χ2v) is 4.41. The van der Waals surface area contributed by atoms with Gasteiger partial charge < -0.3 is 14.2 Å². The molecule has 4 nitrogen and oxygen atoms in total. The molecule has 0 saturated heterocycles. The molecule has 0 aliphatic rings. The Morgan fingerprint density at radius 2 is 1.86 bits per heavy atom. The molecular weight excluding hydrogens is 301 g/mol. The lowest BCUT2D eigenvalue weighted by atomic mass is 10.1. The monoisotopic (exact) mass is 320 g/mol. The lowest BCUT2D eigenvalue weighted by Gasteiger charge is -2.18. The van der Waals surface area contributed by atoms with Crippen molar-refractivity contribution in [2.24, 2.45) is 0 Å². The number of esters is 1. The van der Waals surface area contributed by atoms with E-state index in [1.54, 1.807) is 32.0 Å². The number of rotatable bonds is 8. The zero-order valence-corrected chi connectivity index (χ0v) is 12.5. The normalized spacial score (nSPS) is 12.8. The highest BCUT2D eigenvalue weighted by Gasteiger charge is 2.29. The highest BCUT2D eigenvalue weighted by Crippen LogP contribution is 2.24. The zero-order valence-electron chi connectivity index (χ0n) is 12.5. The molecule has 0 fully saturated rings. The molecule has 1 aromatic carbocycles. The number of alkyl halides is 3. The van der Waals surface area contributed by atoms with Gasteiger partial charge in [0.2, 0.25) is 0 Å². The van der Waals surface area contributed by atoms with E-state index in [4.69, 9.17) is 14.2 Å². The third-order valence-electron chi connectivity index (χ3n) is 2.69. The minimum Gasteiger partial charge on any atom is -0.484 e. The van der Waals surface area contributed by atoms with E-state index in [-0.39, 0.29) is 25.4 Å². The summed E-state index contributed by atoms with van der Waals surface area (Å²) in [7, 11) is 0. The molecule has 7 heteroatoms. The summed E-state index contributed by atoms with van der Waals surface area (Å²) in [4.78, 5) is 11.8. The summed E-state index contributed by atoms with van der Waals surface area (Å²) < 4.78 is 51.8. The van der Waals surface area contributed by atoms with Gasteiger partial charge in [-0.2, -0.15) is 13.2 Å². The average molecular weight is 320 g/mol. The van der Waals surface area contributed by atoms with Gasteiger partial charge in [-0.15, -0.1) is 0 Å². The van der Waals surface area contributed by atoms with Crippen molar-refractivity contribution in [1.82, 2.24) is 0 Å². The molecule has 0 N–H and O–H groups in total. The Hall–Kier alpha value is -1.76. The molecule has 0 heterocycles. The third kappa shape index (κ3) is 6.34. The summed E-state index contributed by atoms with van der Waals surface area (Å²) in [6.07, 6.45) is -5.21.